The molecule has 7 heteroatoms. The van der Waals surface area contributed by atoms with Crippen molar-refractivity contribution in [3.8, 4) is 0 Å². The highest BCUT2D eigenvalue weighted by Gasteiger charge is 2.30. The predicted molar refractivity (Wildman–Crippen MR) is 75.4 cm³/mol. The molecule has 1 unspecified atom stereocenters. The highest BCUT2D eigenvalue weighted by molar-refractivity contribution is 7.90. The van der Waals surface area contributed by atoms with Gasteiger partial charge in [-0.05, 0) is 19.2 Å². The van der Waals surface area contributed by atoms with E-state index in [2.05, 4.69) is 14.6 Å². The highest BCUT2D eigenvalue weighted by atomic mass is 32.2. The van der Waals surface area contributed by atoms with Gasteiger partial charge in [0.15, 0.2) is 0 Å². The third-order valence-electron chi connectivity index (χ3n) is 3.46. The summed E-state index contributed by atoms with van der Waals surface area (Å²) in [4.78, 5) is 6.87. The molecule has 0 aliphatic carbocycles. The van der Waals surface area contributed by atoms with Crippen LogP contribution in [0.25, 0.3) is 0 Å². The minimum atomic E-state index is -3.45. The van der Waals surface area contributed by atoms with Crippen molar-refractivity contribution in [2.45, 2.75) is 11.0 Å². The molecule has 0 radical (unpaired) electrons. The lowest BCUT2D eigenvalue weighted by atomic mass is 10.2. The third kappa shape index (κ3) is 2.56. The molecule has 1 fully saturated rings. The van der Waals surface area contributed by atoms with E-state index in [9.17, 15) is 8.42 Å². The van der Waals surface area contributed by atoms with Crippen LogP contribution in [0.3, 0.4) is 0 Å². The summed E-state index contributed by atoms with van der Waals surface area (Å²) < 4.78 is 32.0. The van der Waals surface area contributed by atoms with Gasteiger partial charge in [-0.1, -0.05) is 12.1 Å². The number of hydrogen-bond acceptors (Lipinski definition) is 5. The van der Waals surface area contributed by atoms with Gasteiger partial charge < -0.3 is 9.64 Å². The van der Waals surface area contributed by atoms with Crippen LogP contribution in [0.4, 0.5) is 0 Å². The summed E-state index contributed by atoms with van der Waals surface area (Å²) in [7, 11) is -1.41. The minimum Gasteiger partial charge on any atom is -0.374 e. The molecule has 0 spiro atoms. The first-order chi connectivity index (χ1) is 9.56. The number of benzene rings is 1. The fraction of sp³-hybridized carbons (Fsp3) is 0.462. The van der Waals surface area contributed by atoms with E-state index in [1.165, 1.54) is 0 Å². The number of likely N-dealkylation sites (N-methyl/N-ethyl adjacent to an activating group) is 1. The summed E-state index contributed by atoms with van der Waals surface area (Å²) >= 11 is 0. The van der Waals surface area contributed by atoms with E-state index in [1.54, 1.807) is 18.2 Å². The predicted octanol–water partition coefficient (Wildman–Crippen LogP) is 0.0557. The summed E-state index contributed by atoms with van der Waals surface area (Å²) in [6, 6.07) is 6.87. The fourth-order valence-electron chi connectivity index (χ4n) is 2.42. The SMILES string of the molecule is CN1CCOC(CN=C2NS(=O)(=O)c3ccccc32)C1. The molecule has 1 saturated heterocycles. The number of nitrogens with one attached hydrogen (secondary N) is 1. The summed E-state index contributed by atoms with van der Waals surface area (Å²) in [5.41, 5.74) is 0.636. The van der Waals surface area contributed by atoms with Gasteiger partial charge in [0.2, 0.25) is 0 Å². The molecular weight excluding hydrogens is 278 g/mol. The second-order valence-corrected chi connectivity index (χ2v) is 6.70. The molecule has 0 saturated carbocycles. The van der Waals surface area contributed by atoms with Crippen LogP contribution in [0.1, 0.15) is 5.56 Å². The first-order valence-corrected chi connectivity index (χ1v) is 8.01. The van der Waals surface area contributed by atoms with Crippen molar-refractivity contribution < 1.29 is 13.2 Å². The van der Waals surface area contributed by atoms with Gasteiger partial charge in [0.05, 0.1) is 24.2 Å². The lowest BCUT2D eigenvalue weighted by Crippen LogP contribution is -2.41. The number of rotatable bonds is 2. The van der Waals surface area contributed by atoms with E-state index in [0.29, 0.717) is 29.4 Å². The molecule has 0 bridgehead atoms. The number of sulfonamides is 1. The number of amidine groups is 1. The topological polar surface area (TPSA) is 71.0 Å². The van der Waals surface area contributed by atoms with Crippen molar-refractivity contribution in [1.29, 1.82) is 0 Å². The Kier molecular flexibility index (Phi) is 3.49. The largest absolute Gasteiger partial charge is 0.374 e. The zero-order valence-electron chi connectivity index (χ0n) is 11.2. The van der Waals surface area contributed by atoms with Gasteiger partial charge in [-0.2, -0.15) is 0 Å². The summed E-state index contributed by atoms with van der Waals surface area (Å²) in [5.74, 6) is 0.414. The minimum absolute atomic E-state index is 0.0125. The van der Waals surface area contributed by atoms with Gasteiger partial charge in [-0.15, -0.1) is 0 Å². The van der Waals surface area contributed by atoms with Gasteiger partial charge in [0, 0.05) is 18.7 Å². The monoisotopic (exact) mass is 295 g/mol. The van der Waals surface area contributed by atoms with E-state index in [4.69, 9.17) is 4.74 Å². The maximum atomic E-state index is 11.9. The normalized spacial score (nSPS) is 27.2. The Balaban J connectivity index is 1.80. The molecule has 1 aromatic rings. The molecule has 3 rings (SSSR count). The molecule has 2 aliphatic rings. The van der Waals surface area contributed by atoms with Crippen LogP contribution in [0.2, 0.25) is 0 Å². The standard InChI is InChI=1S/C13H17N3O3S/c1-16-6-7-19-10(9-16)8-14-13-11-4-2-3-5-12(11)20(17,18)15-13/h2-5,10H,6-9H2,1H3,(H,14,15). The first kappa shape index (κ1) is 13.5. The molecule has 2 heterocycles. The van der Waals surface area contributed by atoms with Gasteiger partial charge >= 0.3 is 0 Å². The van der Waals surface area contributed by atoms with E-state index in [1.807, 2.05) is 13.1 Å². The van der Waals surface area contributed by atoms with E-state index in [-0.39, 0.29) is 6.10 Å². The van der Waals surface area contributed by atoms with Crippen molar-refractivity contribution in [3.63, 3.8) is 0 Å². The molecule has 108 valence electrons. The maximum absolute atomic E-state index is 11.9. The van der Waals surface area contributed by atoms with Crippen LogP contribution in [0, 0.1) is 0 Å². The molecule has 2 aliphatic heterocycles. The Morgan fingerprint density at radius 3 is 3.05 bits per heavy atom. The van der Waals surface area contributed by atoms with Crippen LogP contribution < -0.4 is 4.72 Å². The second kappa shape index (κ2) is 5.16. The molecule has 0 aromatic heterocycles. The Morgan fingerprint density at radius 2 is 2.25 bits per heavy atom. The number of fused-ring (bicyclic) bond motifs is 1. The number of ether oxygens (including phenoxy) is 1. The first-order valence-electron chi connectivity index (χ1n) is 6.53. The van der Waals surface area contributed by atoms with Gasteiger partial charge in [0.25, 0.3) is 10.0 Å². The van der Waals surface area contributed by atoms with Gasteiger partial charge in [0.1, 0.15) is 5.84 Å². The maximum Gasteiger partial charge on any atom is 0.263 e. The summed E-state index contributed by atoms with van der Waals surface area (Å²) in [6.07, 6.45) is 0.0125. The van der Waals surface area contributed by atoms with Crippen molar-refractivity contribution in [2.75, 3.05) is 33.3 Å². The second-order valence-electron chi connectivity index (χ2n) is 5.05. The number of morpholine rings is 1. The lowest BCUT2D eigenvalue weighted by molar-refractivity contribution is -0.0136. The number of nitrogens with zero attached hydrogens (tertiary/aromatic N) is 2. The highest BCUT2D eigenvalue weighted by Crippen LogP contribution is 2.22. The van der Waals surface area contributed by atoms with Crippen LogP contribution >= 0.6 is 0 Å². The van der Waals surface area contributed by atoms with E-state index in [0.717, 1.165) is 13.1 Å². The Hall–Kier alpha value is -1.44. The van der Waals surface area contributed by atoms with Crippen molar-refractivity contribution >= 4 is 15.9 Å². The molecule has 1 atom stereocenters. The third-order valence-corrected chi connectivity index (χ3v) is 4.85. The zero-order chi connectivity index (χ0) is 14.2. The summed E-state index contributed by atoms with van der Waals surface area (Å²) in [5, 5.41) is 0. The van der Waals surface area contributed by atoms with E-state index >= 15 is 0 Å². The van der Waals surface area contributed by atoms with Crippen molar-refractivity contribution in [2.24, 2.45) is 4.99 Å². The summed E-state index contributed by atoms with van der Waals surface area (Å²) in [6.45, 7) is 2.87. The Bertz CT molecular complexity index is 642. The molecule has 1 N–H and O–H groups in total. The van der Waals surface area contributed by atoms with Crippen LogP contribution in [0.15, 0.2) is 34.2 Å². The van der Waals surface area contributed by atoms with Gasteiger partial charge in [-0.25, -0.2) is 8.42 Å². The average molecular weight is 295 g/mol. The Labute approximate surface area is 118 Å². The lowest BCUT2D eigenvalue weighted by Gasteiger charge is -2.29. The quantitative estimate of drug-likeness (QED) is 0.837. The number of hydrogen-bond donors (Lipinski definition) is 1. The molecule has 1 aromatic carbocycles. The smallest absolute Gasteiger partial charge is 0.263 e. The van der Waals surface area contributed by atoms with Crippen molar-refractivity contribution in [1.82, 2.24) is 9.62 Å². The van der Waals surface area contributed by atoms with Crippen LogP contribution in [-0.4, -0.2) is 58.5 Å². The van der Waals surface area contributed by atoms with Crippen LogP contribution in [-0.2, 0) is 14.8 Å². The Morgan fingerprint density at radius 1 is 1.45 bits per heavy atom. The average Bonchev–Trinajstić information content (AvgIpc) is 2.69. The molecule has 20 heavy (non-hydrogen) atoms. The fourth-order valence-corrected chi connectivity index (χ4v) is 3.67. The molecule has 6 nitrogen and oxygen atoms in total. The van der Waals surface area contributed by atoms with E-state index < -0.39 is 10.0 Å². The van der Waals surface area contributed by atoms with Crippen LogP contribution in [0.5, 0.6) is 0 Å². The zero-order valence-corrected chi connectivity index (χ0v) is 12.1. The number of aliphatic imine (C=N–C) groups is 1. The van der Waals surface area contributed by atoms with Crippen molar-refractivity contribution in [3.05, 3.63) is 29.8 Å². The molecule has 0 amide bonds. The van der Waals surface area contributed by atoms with Gasteiger partial charge in [-0.3, -0.25) is 9.71 Å². The molecular formula is C13H17N3O3S.